The summed E-state index contributed by atoms with van der Waals surface area (Å²) in [6.45, 7) is 4.01. The third-order valence-electron chi connectivity index (χ3n) is 7.17. The minimum Gasteiger partial charge on any atom is -0.314 e. The van der Waals surface area contributed by atoms with Crippen molar-refractivity contribution in [3.8, 4) is 0 Å². The zero-order valence-electron chi connectivity index (χ0n) is 16.4. The minimum atomic E-state index is -3.20. The molecule has 1 N–H and O–H groups in total. The molecule has 4 aliphatic heterocycles. The first-order valence-corrected chi connectivity index (χ1v) is 14.0. The molecule has 0 aromatic heterocycles. The summed E-state index contributed by atoms with van der Waals surface area (Å²) in [6.07, 6.45) is 9.65. The van der Waals surface area contributed by atoms with Crippen LogP contribution < -0.4 is 5.32 Å². The molecule has 0 aliphatic carbocycles. The smallest absolute Gasteiger partial charge is 0.157 e. The van der Waals surface area contributed by atoms with E-state index in [2.05, 4.69) is 15.3 Å². The Balaban J connectivity index is 1.81. The SMILES string of the molecule is O=S1CCCC1C1(C2CNCCS2(=O)=O)CCCCCN1N1CCCCC1. The quantitative estimate of drug-likeness (QED) is 0.746. The van der Waals surface area contributed by atoms with Crippen LogP contribution in [0, 0.1) is 0 Å². The van der Waals surface area contributed by atoms with Crippen molar-refractivity contribution in [2.45, 2.75) is 73.8 Å². The van der Waals surface area contributed by atoms with Gasteiger partial charge in [0, 0.05) is 49.3 Å². The summed E-state index contributed by atoms with van der Waals surface area (Å²) in [4.78, 5) is 0. The van der Waals surface area contributed by atoms with Crippen LogP contribution in [0.2, 0.25) is 0 Å². The van der Waals surface area contributed by atoms with E-state index in [4.69, 9.17) is 0 Å². The molecule has 0 saturated carbocycles. The van der Waals surface area contributed by atoms with Crippen LogP contribution in [0.25, 0.3) is 0 Å². The largest absolute Gasteiger partial charge is 0.314 e. The molecule has 0 amide bonds. The highest BCUT2D eigenvalue weighted by molar-refractivity contribution is 7.92. The summed E-state index contributed by atoms with van der Waals surface area (Å²) in [5, 5.41) is 7.83. The lowest BCUT2D eigenvalue weighted by molar-refractivity contribution is -0.122. The summed E-state index contributed by atoms with van der Waals surface area (Å²) < 4.78 is 39.7. The number of hydrazine groups is 1. The number of hydrogen-bond donors (Lipinski definition) is 1. The number of rotatable bonds is 3. The number of hydrogen-bond acceptors (Lipinski definition) is 6. The van der Waals surface area contributed by atoms with Crippen LogP contribution in [0.5, 0.6) is 0 Å². The monoisotopic (exact) mass is 417 g/mol. The van der Waals surface area contributed by atoms with Crippen molar-refractivity contribution in [2.75, 3.05) is 44.2 Å². The molecule has 4 unspecified atom stereocenters. The van der Waals surface area contributed by atoms with Crippen molar-refractivity contribution in [1.82, 2.24) is 15.3 Å². The second-order valence-corrected chi connectivity index (χ2v) is 12.8. The van der Waals surface area contributed by atoms with Gasteiger partial charge >= 0.3 is 0 Å². The van der Waals surface area contributed by atoms with Crippen LogP contribution in [0.1, 0.15) is 57.8 Å². The Labute approximate surface area is 166 Å². The highest BCUT2D eigenvalue weighted by atomic mass is 32.2. The van der Waals surface area contributed by atoms with Crippen LogP contribution in [0.3, 0.4) is 0 Å². The molecule has 4 aliphatic rings. The van der Waals surface area contributed by atoms with Crippen molar-refractivity contribution < 1.29 is 12.6 Å². The molecule has 0 spiro atoms. The standard InChI is InChI=1S/C19H35N3O3S2/c23-26-14-7-8-17(26)19(18-16-20-10-15-27(18,24)25)9-3-1-6-13-22(19)21-11-4-2-5-12-21/h17-18,20H,1-16H2. The molecular weight excluding hydrogens is 382 g/mol. The van der Waals surface area contributed by atoms with E-state index in [9.17, 15) is 12.6 Å². The third-order valence-corrected chi connectivity index (χ3v) is 11.4. The van der Waals surface area contributed by atoms with E-state index < -0.39 is 31.4 Å². The highest BCUT2D eigenvalue weighted by Gasteiger charge is 2.58. The van der Waals surface area contributed by atoms with Crippen molar-refractivity contribution in [3.63, 3.8) is 0 Å². The molecule has 0 aromatic carbocycles. The fourth-order valence-electron chi connectivity index (χ4n) is 5.94. The number of piperidine rings is 1. The molecule has 0 bridgehead atoms. The Morgan fingerprint density at radius 2 is 1.70 bits per heavy atom. The van der Waals surface area contributed by atoms with Gasteiger partial charge in [0.25, 0.3) is 0 Å². The maximum Gasteiger partial charge on any atom is 0.157 e. The predicted octanol–water partition coefficient (Wildman–Crippen LogP) is 1.30. The Hall–Kier alpha value is -0.0200. The van der Waals surface area contributed by atoms with Gasteiger partial charge in [-0.3, -0.25) is 4.21 Å². The molecular formula is C19H35N3O3S2. The van der Waals surface area contributed by atoms with Crippen LogP contribution >= 0.6 is 0 Å². The lowest BCUT2D eigenvalue weighted by Crippen LogP contribution is -2.72. The summed E-state index contributed by atoms with van der Waals surface area (Å²) in [6, 6.07) is 0. The molecule has 0 radical (unpaired) electrons. The lowest BCUT2D eigenvalue weighted by Gasteiger charge is -2.55. The molecule has 8 heteroatoms. The Bertz CT molecular complexity index is 651. The van der Waals surface area contributed by atoms with Gasteiger partial charge in [0.15, 0.2) is 9.84 Å². The number of nitrogens with zero attached hydrogens (tertiary/aromatic N) is 2. The Morgan fingerprint density at radius 3 is 2.41 bits per heavy atom. The van der Waals surface area contributed by atoms with E-state index in [1.165, 1.54) is 19.3 Å². The van der Waals surface area contributed by atoms with Gasteiger partial charge in [0.05, 0.1) is 21.8 Å². The topological polar surface area (TPSA) is 69.7 Å². The van der Waals surface area contributed by atoms with Gasteiger partial charge < -0.3 is 5.32 Å². The van der Waals surface area contributed by atoms with Gasteiger partial charge in [0.2, 0.25) is 0 Å². The van der Waals surface area contributed by atoms with Crippen molar-refractivity contribution >= 4 is 20.6 Å². The first kappa shape index (κ1) is 20.3. The molecule has 156 valence electrons. The molecule has 6 nitrogen and oxygen atoms in total. The molecule has 4 rings (SSSR count). The van der Waals surface area contributed by atoms with Gasteiger partial charge in [-0.25, -0.2) is 18.4 Å². The maximum atomic E-state index is 13.3. The van der Waals surface area contributed by atoms with Crippen molar-refractivity contribution in [2.24, 2.45) is 0 Å². The third kappa shape index (κ3) is 3.77. The summed E-state index contributed by atoms with van der Waals surface area (Å²) >= 11 is 0. The zero-order chi connectivity index (χ0) is 18.9. The van der Waals surface area contributed by atoms with E-state index in [1.54, 1.807) is 0 Å². The van der Waals surface area contributed by atoms with Gasteiger partial charge in [0.1, 0.15) is 0 Å². The normalized spacial score (nSPS) is 42.0. The highest BCUT2D eigenvalue weighted by Crippen LogP contribution is 2.44. The van der Waals surface area contributed by atoms with E-state index in [0.29, 0.717) is 13.1 Å². The Morgan fingerprint density at radius 1 is 0.963 bits per heavy atom. The first-order valence-electron chi connectivity index (χ1n) is 10.9. The molecule has 4 heterocycles. The van der Waals surface area contributed by atoms with E-state index in [-0.39, 0.29) is 11.0 Å². The number of sulfone groups is 1. The lowest BCUT2D eigenvalue weighted by atomic mass is 9.82. The van der Waals surface area contributed by atoms with Gasteiger partial charge in [-0.1, -0.05) is 19.3 Å². The number of nitrogens with one attached hydrogen (secondary N) is 1. The average molecular weight is 418 g/mol. The van der Waals surface area contributed by atoms with Gasteiger partial charge in [-0.2, -0.15) is 0 Å². The molecule has 0 aromatic rings. The molecule has 4 atom stereocenters. The summed E-state index contributed by atoms with van der Waals surface area (Å²) in [5.74, 6) is 0.951. The van der Waals surface area contributed by atoms with E-state index in [1.807, 2.05) is 0 Å². The summed E-state index contributed by atoms with van der Waals surface area (Å²) in [5.41, 5.74) is -0.499. The van der Waals surface area contributed by atoms with Crippen molar-refractivity contribution in [3.05, 3.63) is 0 Å². The second kappa shape index (κ2) is 8.38. The molecule has 4 fully saturated rings. The summed E-state index contributed by atoms with van der Waals surface area (Å²) in [7, 11) is -4.12. The average Bonchev–Trinajstić information content (AvgIpc) is 2.98. The van der Waals surface area contributed by atoms with Crippen LogP contribution in [-0.4, -0.2) is 82.9 Å². The Kier molecular flexibility index (Phi) is 6.29. The fourth-order valence-corrected chi connectivity index (χ4v) is 10.2. The van der Waals surface area contributed by atoms with Crippen molar-refractivity contribution in [1.29, 1.82) is 0 Å². The first-order chi connectivity index (χ1) is 13.1. The van der Waals surface area contributed by atoms with Gasteiger partial charge in [-0.05, 0) is 38.5 Å². The minimum absolute atomic E-state index is 0.0165. The van der Waals surface area contributed by atoms with Crippen LogP contribution in [-0.2, 0) is 20.6 Å². The molecule has 27 heavy (non-hydrogen) atoms. The van der Waals surface area contributed by atoms with Gasteiger partial charge in [-0.15, -0.1) is 0 Å². The maximum absolute atomic E-state index is 13.3. The zero-order valence-corrected chi connectivity index (χ0v) is 18.0. The van der Waals surface area contributed by atoms with Crippen LogP contribution in [0.4, 0.5) is 0 Å². The molecule has 4 saturated heterocycles. The fraction of sp³-hybridized carbons (Fsp3) is 1.00. The second-order valence-electron chi connectivity index (χ2n) is 8.71. The predicted molar refractivity (Wildman–Crippen MR) is 110 cm³/mol. The van der Waals surface area contributed by atoms with E-state index >= 15 is 0 Å². The van der Waals surface area contributed by atoms with E-state index in [0.717, 1.165) is 63.9 Å². The van der Waals surface area contributed by atoms with Crippen LogP contribution in [0.15, 0.2) is 0 Å².